The van der Waals surface area contributed by atoms with E-state index in [4.69, 9.17) is 10.5 Å². The average molecular weight is 406 g/mol. The fourth-order valence-electron chi connectivity index (χ4n) is 2.44. The molecule has 0 aliphatic heterocycles. The zero-order chi connectivity index (χ0) is 20.5. The molecule has 0 aliphatic rings. The van der Waals surface area contributed by atoms with Crippen molar-refractivity contribution in [3.8, 4) is 16.3 Å². The van der Waals surface area contributed by atoms with Crippen molar-refractivity contribution >= 4 is 29.2 Å². The number of carbonyl (C=O) groups is 3. The van der Waals surface area contributed by atoms with E-state index < -0.39 is 23.9 Å². The molecule has 2 aromatic rings. The lowest BCUT2D eigenvalue weighted by molar-refractivity contribution is -0.141. The molecular formula is C18H22N4O5S. The maximum Gasteiger partial charge on any atom is 0.326 e. The summed E-state index contributed by atoms with van der Waals surface area (Å²) in [5.41, 5.74) is 6.41. The summed E-state index contributed by atoms with van der Waals surface area (Å²) in [4.78, 5) is 38.5. The van der Waals surface area contributed by atoms with E-state index in [1.807, 2.05) is 24.3 Å². The van der Waals surface area contributed by atoms with E-state index in [9.17, 15) is 19.5 Å². The van der Waals surface area contributed by atoms with Crippen molar-refractivity contribution in [2.75, 3.05) is 13.7 Å². The minimum Gasteiger partial charge on any atom is -0.497 e. The molecule has 10 heteroatoms. The molecule has 0 saturated heterocycles. The Labute approximate surface area is 165 Å². The zero-order valence-electron chi connectivity index (χ0n) is 15.3. The fourth-order valence-corrected chi connectivity index (χ4v) is 3.27. The molecule has 150 valence electrons. The number of urea groups is 1. The van der Waals surface area contributed by atoms with Crippen molar-refractivity contribution in [1.29, 1.82) is 0 Å². The number of amides is 3. The summed E-state index contributed by atoms with van der Waals surface area (Å²) in [6.07, 6.45) is 0.532. The van der Waals surface area contributed by atoms with Gasteiger partial charge in [0, 0.05) is 17.5 Å². The zero-order valence-corrected chi connectivity index (χ0v) is 16.1. The normalized spacial score (nSPS) is 11.5. The first-order chi connectivity index (χ1) is 13.4. The molecule has 0 unspecified atom stereocenters. The van der Waals surface area contributed by atoms with Crippen LogP contribution in [0.25, 0.3) is 10.6 Å². The third kappa shape index (κ3) is 6.54. The summed E-state index contributed by atoms with van der Waals surface area (Å²) in [5.74, 6) is -0.822. The Morgan fingerprint density at radius 2 is 2.00 bits per heavy atom. The first-order valence-corrected chi connectivity index (χ1v) is 9.41. The number of ether oxygens (including phenoxy) is 1. The summed E-state index contributed by atoms with van der Waals surface area (Å²) >= 11 is 1.40. The number of methoxy groups -OCH3 is 1. The summed E-state index contributed by atoms with van der Waals surface area (Å²) in [7, 11) is 1.59. The van der Waals surface area contributed by atoms with E-state index in [1.165, 1.54) is 11.3 Å². The predicted octanol–water partition coefficient (Wildman–Crippen LogP) is 1.38. The molecule has 1 heterocycles. The standard InChI is InChI=1S/C18H22N4O5S/c1-27-13-6-4-11(5-7-13)16-21-12(10-28-16)9-15(23)22-14(17(24)25)3-2-8-20-18(19)26/h4-7,10,14H,2-3,8-9H2,1H3,(H,22,23)(H,24,25)(H3,19,20,26)/t14-/m0/s1. The van der Waals surface area contributed by atoms with Gasteiger partial charge in [-0.1, -0.05) is 0 Å². The monoisotopic (exact) mass is 406 g/mol. The molecule has 0 radical (unpaired) electrons. The third-order valence-electron chi connectivity index (χ3n) is 3.83. The third-order valence-corrected chi connectivity index (χ3v) is 4.77. The summed E-state index contributed by atoms with van der Waals surface area (Å²) < 4.78 is 5.12. The molecule has 5 N–H and O–H groups in total. The first kappa shape index (κ1) is 21.2. The number of primary amides is 1. The fraction of sp³-hybridized carbons (Fsp3) is 0.333. The number of hydrogen-bond donors (Lipinski definition) is 4. The Kier molecular flexibility index (Phi) is 7.76. The smallest absolute Gasteiger partial charge is 0.326 e. The Morgan fingerprint density at radius 1 is 1.29 bits per heavy atom. The lowest BCUT2D eigenvalue weighted by Crippen LogP contribution is -2.42. The van der Waals surface area contributed by atoms with Crippen LogP contribution >= 0.6 is 11.3 Å². The molecule has 1 aromatic heterocycles. The number of aliphatic carboxylic acids is 1. The summed E-state index contributed by atoms with van der Waals surface area (Å²) in [6.45, 7) is 0.242. The molecule has 0 spiro atoms. The SMILES string of the molecule is COc1ccc(-c2nc(CC(=O)N[C@@H](CCCNC(N)=O)C(=O)O)cs2)cc1. The van der Waals surface area contributed by atoms with Crippen molar-refractivity contribution in [3.63, 3.8) is 0 Å². The largest absolute Gasteiger partial charge is 0.497 e. The van der Waals surface area contributed by atoms with Crippen LogP contribution in [0.5, 0.6) is 5.75 Å². The average Bonchev–Trinajstić information content (AvgIpc) is 3.12. The highest BCUT2D eigenvalue weighted by atomic mass is 32.1. The van der Waals surface area contributed by atoms with Gasteiger partial charge >= 0.3 is 12.0 Å². The van der Waals surface area contributed by atoms with E-state index in [0.29, 0.717) is 12.1 Å². The molecule has 1 atom stereocenters. The molecule has 1 aromatic carbocycles. The molecular weight excluding hydrogens is 384 g/mol. The lowest BCUT2D eigenvalue weighted by Gasteiger charge is -2.14. The Balaban J connectivity index is 1.89. The molecule has 2 rings (SSSR count). The number of hydrogen-bond acceptors (Lipinski definition) is 6. The van der Waals surface area contributed by atoms with Crippen molar-refractivity contribution < 1.29 is 24.2 Å². The highest BCUT2D eigenvalue weighted by Crippen LogP contribution is 2.25. The topological polar surface area (TPSA) is 144 Å². The summed E-state index contributed by atoms with van der Waals surface area (Å²) in [6, 6.07) is 5.69. The number of carboxylic acid groups (broad SMARTS) is 1. The van der Waals surface area contributed by atoms with Gasteiger partial charge in [-0.2, -0.15) is 0 Å². The van der Waals surface area contributed by atoms with Gasteiger partial charge in [0.2, 0.25) is 5.91 Å². The van der Waals surface area contributed by atoms with E-state index >= 15 is 0 Å². The minimum absolute atomic E-state index is 0.0179. The van der Waals surface area contributed by atoms with Crippen LogP contribution in [0.1, 0.15) is 18.5 Å². The van der Waals surface area contributed by atoms with Crippen LogP contribution in [0.3, 0.4) is 0 Å². The molecule has 9 nitrogen and oxygen atoms in total. The van der Waals surface area contributed by atoms with Gasteiger partial charge in [0.15, 0.2) is 0 Å². The lowest BCUT2D eigenvalue weighted by atomic mass is 10.1. The van der Waals surface area contributed by atoms with E-state index in [2.05, 4.69) is 15.6 Å². The van der Waals surface area contributed by atoms with Gasteiger partial charge in [-0.15, -0.1) is 11.3 Å². The predicted molar refractivity (Wildman–Crippen MR) is 104 cm³/mol. The van der Waals surface area contributed by atoms with Crippen LogP contribution in [0.15, 0.2) is 29.6 Å². The van der Waals surface area contributed by atoms with Gasteiger partial charge in [0.1, 0.15) is 16.8 Å². The second-order valence-electron chi connectivity index (χ2n) is 5.94. The van der Waals surface area contributed by atoms with Crippen molar-refractivity contribution in [2.45, 2.75) is 25.3 Å². The van der Waals surface area contributed by atoms with Crippen molar-refractivity contribution in [2.24, 2.45) is 5.73 Å². The van der Waals surface area contributed by atoms with E-state index in [-0.39, 0.29) is 19.4 Å². The van der Waals surface area contributed by atoms with Gasteiger partial charge in [-0.05, 0) is 37.1 Å². The van der Waals surface area contributed by atoms with Gasteiger partial charge in [-0.25, -0.2) is 14.6 Å². The Morgan fingerprint density at radius 3 is 2.61 bits per heavy atom. The number of rotatable bonds is 10. The van der Waals surface area contributed by atoms with Gasteiger partial charge < -0.3 is 26.2 Å². The van der Waals surface area contributed by atoms with Crippen LogP contribution in [0.2, 0.25) is 0 Å². The second kappa shape index (κ2) is 10.3. The van der Waals surface area contributed by atoms with E-state index in [1.54, 1.807) is 12.5 Å². The van der Waals surface area contributed by atoms with Crippen molar-refractivity contribution in [3.05, 3.63) is 35.3 Å². The van der Waals surface area contributed by atoms with Gasteiger partial charge in [0.25, 0.3) is 0 Å². The number of carboxylic acids is 1. The molecule has 0 saturated carbocycles. The number of nitrogens with one attached hydrogen (secondary N) is 2. The van der Waals surface area contributed by atoms with E-state index in [0.717, 1.165) is 16.3 Å². The molecule has 0 aliphatic carbocycles. The molecule has 0 bridgehead atoms. The van der Waals surface area contributed by atoms with Crippen LogP contribution in [-0.2, 0) is 16.0 Å². The highest BCUT2D eigenvalue weighted by Gasteiger charge is 2.20. The number of carbonyl (C=O) groups excluding carboxylic acids is 2. The maximum atomic E-state index is 12.2. The summed E-state index contributed by atoms with van der Waals surface area (Å²) in [5, 5.41) is 16.6. The molecule has 3 amide bonds. The van der Waals surface area contributed by atoms with Crippen LogP contribution in [0, 0.1) is 0 Å². The highest BCUT2D eigenvalue weighted by molar-refractivity contribution is 7.13. The number of aromatic nitrogens is 1. The Bertz CT molecular complexity index is 822. The van der Waals surface area contributed by atoms with Gasteiger partial charge in [-0.3, -0.25) is 4.79 Å². The van der Waals surface area contributed by atoms with Crippen LogP contribution < -0.4 is 21.1 Å². The van der Waals surface area contributed by atoms with Crippen LogP contribution in [-0.4, -0.2) is 47.7 Å². The quantitative estimate of drug-likeness (QED) is 0.439. The van der Waals surface area contributed by atoms with Crippen molar-refractivity contribution in [1.82, 2.24) is 15.6 Å². The van der Waals surface area contributed by atoms with Gasteiger partial charge in [0.05, 0.1) is 19.2 Å². The Hall–Kier alpha value is -3.14. The first-order valence-electron chi connectivity index (χ1n) is 8.53. The second-order valence-corrected chi connectivity index (χ2v) is 6.80. The molecule has 0 fully saturated rings. The maximum absolute atomic E-state index is 12.2. The number of benzene rings is 1. The minimum atomic E-state index is -1.13. The molecule has 28 heavy (non-hydrogen) atoms. The number of nitrogens with two attached hydrogens (primary N) is 1. The number of thiazole rings is 1. The van der Waals surface area contributed by atoms with Crippen LogP contribution in [0.4, 0.5) is 4.79 Å². The number of nitrogens with zero attached hydrogens (tertiary/aromatic N) is 1.